The molecule has 0 unspecified atom stereocenters. The van der Waals surface area contributed by atoms with Crippen LogP contribution in [0.2, 0.25) is 0 Å². The van der Waals surface area contributed by atoms with E-state index in [2.05, 4.69) is 22.4 Å². The molecular weight excluding hydrogens is 264 g/mol. The minimum atomic E-state index is -0.869. The highest BCUT2D eigenvalue weighted by Crippen LogP contribution is 2.12. The van der Waals surface area contributed by atoms with Gasteiger partial charge in [0.15, 0.2) is 11.6 Å². The molecule has 1 N–H and O–H groups in total. The van der Waals surface area contributed by atoms with E-state index < -0.39 is 11.6 Å². The third-order valence-corrected chi connectivity index (χ3v) is 2.79. The molecule has 4 nitrogen and oxygen atoms in total. The summed E-state index contributed by atoms with van der Waals surface area (Å²) in [5, 5.41) is 11.1. The first-order valence-corrected chi connectivity index (χ1v) is 6.65. The number of rotatable bonds is 7. The molecule has 1 aromatic heterocycles. The van der Waals surface area contributed by atoms with Gasteiger partial charge < -0.3 is 9.73 Å². The van der Waals surface area contributed by atoms with Crippen molar-refractivity contribution in [3.05, 3.63) is 47.2 Å². The molecule has 6 heteroatoms. The monoisotopic (exact) mass is 281 g/mol. The maximum Gasteiger partial charge on any atom is 0.220 e. The minimum Gasteiger partial charge on any atom is -0.425 e. The average molecular weight is 281 g/mol. The van der Waals surface area contributed by atoms with E-state index in [4.69, 9.17) is 4.42 Å². The number of halogens is 2. The Kier molecular flexibility index (Phi) is 5.17. The van der Waals surface area contributed by atoms with Gasteiger partial charge in [-0.2, -0.15) is 0 Å². The van der Waals surface area contributed by atoms with Crippen molar-refractivity contribution in [2.75, 3.05) is 13.1 Å². The molecule has 0 radical (unpaired) electrons. The first-order valence-electron chi connectivity index (χ1n) is 6.65. The highest BCUT2D eigenvalue weighted by molar-refractivity contribution is 5.20. The van der Waals surface area contributed by atoms with Gasteiger partial charge in [0.1, 0.15) is 0 Å². The van der Waals surface area contributed by atoms with Crippen LogP contribution in [0.3, 0.4) is 0 Å². The number of nitrogens with zero attached hydrogens (tertiary/aromatic N) is 2. The molecule has 0 amide bonds. The fraction of sp³-hybridized carbons (Fsp3) is 0.429. The Hall–Kier alpha value is -1.82. The van der Waals surface area contributed by atoms with Crippen LogP contribution in [0, 0.1) is 11.6 Å². The van der Waals surface area contributed by atoms with Gasteiger partial charge in [-0.25, -0.2) is 8.78 Å². The second-order valence-corrected chi connectivity index (χ2v) is 4.51. The number of hydrogen-bond donors (Lipinski definition) is 1. The molecule has 0 saturated carbocycles. The molecule has 0 atom stereocenters. The van der Waals surface area contributed by atoms with Crippen LogP contribution < -0.4 is 5.32 Å². The smallest absolute Gasteiger partial charge is 0.220 e. The van der Waals surface area contributed by atoms with E-state index in [0.717, 1.165) is 31.6 Å². The zero-order chi connectivity index (χ0) is 14.4. The van der Waals surface area contributed by atoms with Crippen LogP contribution in [0.4, 0.5) is 8.78 Å². The fourth-order valence-electron chi connectivity index (χ4n) is 1.78. The average Bonchev–Trinajstić information content (AvgIpc) is 2.87. The highest BCUT2D eigenvalue weighted by Gasteiger charge is 2.09. The van der Waals surface area contributed by atoms with Crippen molar-refractivity contribution in [3.63, 3.8) is 0 Å². The lowest BCUT2D eigenvalue weighted by atomic mass is 10.1. The molecule has 2 rings (SSSR count). The lowest BCUT2D eigenvalue weighted by Gasteiger charge is -1.99. The van der Waals surface area contributed by atoms with Gasteiger partial charge in [0.25, 0.3) is 0 Å². The van der Waals surface area contributed by atoms with E-state index in [1.54, 1.807) is 0 Å². The van der Waals surface area contributed by atoms with Crippen molar-refractivity contribution < 1.29 is 13.2 Å². The first-order chi connectivity index (χ1) is 9.69. The zero-order valence-corrected chi connectivity index (χ0v) is 11.3. The van der Waals surface area contributed by atoms with Crippen LogP contribution in [0.25, 0.3) is 0 Å². The van der Waals surface area contributed by atoms with E-state index in [-0.39, 0.29) is 0 Å². The Morgan fingerprint density at radius 1 is 1.10 bits per heavy atom. The van der Waals surface area contributed by atoms with Gasteiger partial charge in [-0.05, 0) is 30.7 Å². The maximum absolute atomic E-state index is 13.1. The molecule has 0 aliphatic rings. The standard InChI is InChI=1S/C14H17F2N3O/c1-2-6-17-7-5-13-18-19-14(20-13)9-10-3-4-11(15)12(16)8-10/h3-4,8,17H,2,5-7,9H2,1H3. The van der Waals surface area contributed by atoms with Crippen molar-refractivity contribution in [2.45, 2.75) is 26.2 Å². The summed E-state index contributed by atoms with van der Waals surface area (Å²) in [6.07, 6.45) is 2.03. The summed E-state index contributed by atoms with van der Waals surface area (Å²) in [7, 11) is 0. The summed E-state index contributed by atoms with van der Waals surface area (Å²) in [6, 6.07) is 3.74. The van der Waals surface area contributed by atoms with Crippen LogP contribution in [0.15, 0.2) is 22.6 Å². The number of aromatic nitrogens is 2. The van der Waals surface area contributed by atoms with Gasteiger partial charge in [-0.3, -0.25) is 0 Å². The quantitative estimate of drug-likeness (QED) is 0.792. The largest absolute Gasteiger partial charge is 0.425 e. The van der Waals surface area contributed by atoms with Crippen molar-refractivity contribution in [3.8, 4) is 0 Å². The van der Waals surface area contributed by atoms with Gasteiger partial charge in [0.2, 0.25) is 11.8 Å². The Morgan fingerprint density at radius 2 is 1.90 bits per heavy atom. The lowest BCUT2D eigenvalue weighted by molar-refractivity contribution is 0.450. The van der Waals surface area contributed by atoms with E-state index in [0.29, 0.717) is 30.2 Å². The SMILES string of the molecule is CCCNCCc1nnc(Cc2ccc(F)c(F)c2)o1. The van der Waals surface area contributed by atoms with Crippen LogP contribution in [-0.2, 0) is 12.8 Å². The molecular formula is C14H17F2N3O. The number of hydrogen-bond acceptors (Lipinski definition) is 4. The van der Waals surface area contributed by atoms with Gasteiger partial charge in [0, 0.05) is 13.0 Å². The summed E-state index contributed by atoms with van der Waals surface area (Å²) in [4.78, 5) is 0. The molecule has 1 aromatic carbocycles. The summed E-state index contributed by atoms with van der Waals surface area (Å²) >= 11 is 0. The molecule has 0 fully saturated rings. The number of nitrogens with one attached hydrogen (secondary N) is 1. The molecule has 1 heterocycles. The second-order valence-electron chi connectivity index (χ2n) is 4.51. The number of benzene rings is 1. The maximum atomic E-state index is 13.1. The summed E-state index contributed by atoms with van der Waals surface area (Å²) in [5.74, 6) is -0.777. The van der Waals surface area contributed by atoms with Crippen molar-refractivity contribution >= 4 is 0 Å². The van der Waals surface area contributed by atoms with Crippen LogP contribution in [0.5, 0.6) is 0 Å². The Bertz CT molecular complexity index is 557. The zero-order valence-electron chi connectivity index (χ0n) is 11.3. The predicted octanol–water partition coefficient (Wildman–Crippen LogP) is 2.48. The van der Waals surface area contributed by atoms with Crippen LogP contribution >= 0.6 is 0 Å². The molecule has 0 saturated heterocycles. The van der Waals surface area contributed by atoms with Gasteiger partial charge >= 0.3 is 0 Å². The summed E-state index contributed by atoms with van der Waals surface area (Å²) < 4.78 is 31.3. The van der Waals surface area contributed by atoms with Crippen LogP contribution in [0.1, 0.15) is 30.7 Å². The van der Waals surface area contributed by atoms with Crippen molar-refractivity contribution in [1.29, 1.82) is 0 Å². The Labute approximate surface area is 116 Å². The van der Waals surface area contributed by atoms with Gasteiger partial charge in [-0.15, -0.1) is 10.2 Å². The van der Waals surface area contributed by atoms with Crippen molar-refractivity contribution in [2.24, 2.45) is 0 Å². The Balaban J connectivity index is 1.90. The third-order valence-electron chi connectivity index (χ3n) is 2.79. The lowest BCUT2D eigenvalue weighted by Crippen LogP contribution is -2.17. The molecule has 2 aromatic rings. The molecule has 20 heavy (non-hydrogen) atoms. The molecule has 0 spiro atoms. The van der Waals surface area contributed by atoms with Gasteiger partial charge in [-0.1, -0.05) is 13.0 Å². The Morgan fingerprint density at radius 3 is 2.65 bits per heavy atom. The van der Waals surface area contributed by atoms with E-state index in [9.17, 15) is 8.78 Å². The van der Waals surface area contributed by atoms with Gasteiger partial charge in [0.05, 0.1) is 6.42 Å². The molecule has 0 bridgehead atoms. The van der Waals surface area contributed by atoms with Crippen LogP contribution in [-0.4, -0.2) is 23.3 Å². The third kappa shape index (κ3) is 4.09. The van der Waals surface area contributed by atoms with E-state index >= 15 is 0 Å². The summed E-state index contributed by atoms with van der Waals surface area (Å²) in [5.41, 5.74) is 0.600. The predicted molar refractivity (Wildman–Crippen MR) is 70.3 cm³/mol. The summed E-state index contributed by atoms with van der Waals surface area (Å²) in [6.45, 7) is 3.83. The van der Waals surface area contributed by atoms with E-state index in [1.165, 1.54) is 6.07 Å². The fourth-order valence-corrected chi connectivity index (χ4v) is 1.78. The molecule has 0 aliphatic heterocycles. The normalized spacial score (nSPS) is 10.9. The van der Waals surface area contributed by atoms with E-state index in [1.807, 2.05) is 0 Å². The topological polar surface area (TPSA) is 51.0 Å². The first kappa shape index (κ1) is 14.6. The molecule has 0 aliphatic carbocycles. The van der Waals surface area contributed by atoms with Crippen molar-refractivity contribution in [1.82, 2.24) is 15.5 Å². The minimum absolute atomic E-state index is 0.298. The highest BCUT2D eigenvalue weighted by atomic mass is 19.2. The molecule has 108 valence electrons. The second kappa shape index (κ2) is 7.09.